The zero-order valence-corrected chi connectivity index (χ0v) is 20.2. The molecular formula is C27H21F3N2O4S. The Bertz CT molecular complexity index is 1540. The molecule has 3 aromatic carbocycles. The van der Waals surface area contributed by atoms with Gasteiger partial charge in [0.25, 0.3) is 0 Å². The number of benzene rings is 3. The van der Waals surface area contributed by atoms with Crippen LogP contribution in [-0.2, 0) is 0 Å². The molecule has 5 rings (SSSR count). The third kappa shape index (κ3) is 5.15. The molecule has 1 fully saturated rings. The van der Waals surface area contributed by atoms with Crippen LogP contribution in [0.25, 0.3) is 16.6 Å². The summed E-state index contributed by atoms with van der Waals surface area (Å²) in [5, 5.41) is 8.83. The normalized spacial score (nSPS) is 15.3. The summed E-state index contributed by atoms with van der Waals surface area (Å²) >= 11 is 1.73. The molecule has 10 heteroatoms. The van der Waals surface area contributed by atoms with E-state index in [0.717, 1.165) is 41.5 Å². The summed E-state index contributed by atoms with van der Waals surface area (Å²) in [5.41, 5.74) is -0.646. The number of carboxylic acid groups (broad SMARTS) is 1. The van der Waals surface area contributed by atoms with E-state index in [-0.39, 0.29) is 22.3 Å². The number of pyridine rings is 1. The summed E-state index contributed by atoms with van der Waals surface area (Å²) in [6.07, 6.45) is 0.110. The van der Waals surface area contributed by atoms with Crippen LogP contribution in [0.3, 0.4) is 0 Å². The molecule has 1 N–H and O–H groups in total. The number of anilines is 1. The third-order valence-electron chi connectivity index (χ3n) is 6.26. The Balaban J connectivity index is 1.54. The lowest BCUT2D eigenvalue weighted by Crippen LogP contribution is -2.22. The minimum atomic E-state index is -1.75. The predicted octanol–water partition coefficient (Wildman–Crippen LogP) is 6.08. The van der Waals surface area contributed by atoms with E-state index in [4.69, 9.17) is 5.11 Å². The number of rotatable bonds is 6. The second-order valence-electron chi connectivity index (χ2n) is 8.70. The van der Waals surface area contributed by atoms with Crippen LogP contribution < -0.4 is 15.1 Å². The summed E-state index contributed by atoms with van der Waals surface area (Å²) in [5.74, 6) is -1.89. The molecule has 0 bridgehead atoms. The third-order valence-corrected chi connectivity index (χ3v) is 7.51. The molecule has 4 aromatic rings. The van der Waals surface area contributed by atoms with E-state index in [9.17, 15) is 18.4 Å². The van der Waals surface area contributed by atoms with Crippen molar-refractivity contribution in [3.05, 3.63) is 94.5 Å². The Hall–Kier alpha value is -3.92. The number of hydrogen-bond donors (Lipinski definition) is 1. The van der Waals surface area contributed by atoms with Gasteiger partial charge in [0.05, 0.1) is 28.5 Å². The lowest BCUT2D eigenvalue weighted by molar-refractivity contribution is 0.144. The van der Waals surface area contributed by atoms with Gasteiger partial charge in [0.15, 0.2) is 5.75 Å². The smallest absolute Gasteiger partial charge is 0.449 e. The average Bonchev–Trinajstić information content (AvgIpc) is 3.34. The molecule has 0 saturated carbocycles. The second-order valence-corrected chi connectivity index (χ2v) is 9.80. The summed E-state index contributed by atoms with van der Waals surface area (Å²) in [7, 11) is 0. The first-order valence-corrected chi connectivity index (χ1v) is 12.5. The number of fused-ring (bicyclic) bond motifs is 1. The van der Waals surface area contributed by atoms with Gasteiger partial charge in [0, 0.05) is 29.8 Å². The van der Waals surface area contributed by atoms with Crippen molar-refractivity contribution in [3.8, 4) is 11.4 Å². The first kappa shape index (κ1) is 24.8. The molecule has 0 radical (unpaired) electrons. The van der Waals surface area contributed by atoms with Crippen LogP contribution in [0.2, 0.25) is 0 Å². The van der Waals surface area contributed by atoms with Gasteiger partial charge < -0.3 is 19.3 Å². The Morgan fingerprint density at radius 1 is 1.03 bits per heavy atom. The highest BCUT2D eigenvalue weighted by atomic mass is 32.2. The molecule has 2 heterocycles. The molecule has 1 aliphatic rings. The molecule has 1 saturated heterocycles. The van der Waals surface area contributed by atoms with Crippen molar-refractivity contribution in [2.75, 3.05) is 23.7 Å². The van der Waals surface area contributed by atoms with Crippen LogP contribution in [0, 0.1) is 23.4 Å². The number of halogens is 3. The number of nitrogens with zero attached hydrogens (tertiary/aromatic N) is 2. The van der Waals surface area contributed by atoms with Gasteiger partial charge in [-0.05, 0) is 48.7 Å². The fourth-order valence-corrected chi connectivity index (χ4v) is 5.56. The molecule has 190 valence electrons. The van der Waals surface area contributed by atoms with E-state index in [1.165, 1.54) is 10.6 Å². The SMILES string of the molecule is O=C(O)Oc1cn(-c2ccc(F)cc2F)c2cc(N3CCC(CSc4ccccc4)C3)c(F)cc2c1=O. The maximum atomic E-state index is 15.3. The zero-order chi connectivity index (χ0) is 26.1. The first-order chi connectivity index (χ1) is 17.8. The van der Waals surface area contributed by atoms with Gasteiger partial charge in [-0.25, -0.2) is 18.0 Å². The minimum absolute atomic E-state index is 0.131. The number of aromatic nitrogens is 1. The topological polar surface area (TPSA) is 71.8 Å². The summed E-state index contributed by atoms with van der Waals surface area (Å²) in [6, 6.07) is 15.3. The minimum Gasteiger partial charge on any atom is -0.449 e. The molecule has 0 amide bonds. The van der Waals surface area contributed by atoms with Crippen LogP contribution in [0.15, 0.2) is 76.6 Å². The number of carbonyl (C=O) groups is 1. The standard InChI is InChI=1S/C27H21F3N2O4S/c28-17-6-7-22(20(29)10-17)32-14-25(36-27(34)35)26(33)19-11-21(30)24(12-23(19)32)31-9-8-16(13-31)15-37-18-4-2-1-3-5-18/h1-7,10-12,14,16H,8-9,13,15H2,(H,34,35). The van der Waals surface area contributed by atoms with Crippen LogP contribution >= 0.6 is 11.8 Å². The summed E-state index contributed by atoms with van der Waals surface area (Å²) in [6.45, 7) is 1.19. The molecule has 1 atom stereocenters. The van der Waals surface area contributed by atoms with E-state index in [2.05, 4.69) is 4.74 Å². The summed E-state index contributed by atoms with van der Waals surface area (Å²) in [4.78, 5) is 27.0. The number of hydrogen-bond acceptors (Lipinski definition) is 5. The van der Waals surface area contributed by atoms with E-state index >= 15 is 4.39 Å². The zero-order valence-electron chi connectivity index (χ0n) is 19.4. The van der Waals surface area contributed by atoms with Crippen LogP contribution in [0.4, 0.5) is 23.7 Å². The molecule has 1 aliphatic heterocycles. The predicted molar refractivity (Wildman–Crippen MR) is 136 cm³/mol. The van der Waals surface area contributed by atoms with Crippen molar-refractivity contribution in [1.29, 1.82) is 0 Å². The number of thioether (sulfide) groups is 1. The van der Waals surface area contributed by atoms with Gasteiger partial charge in [0.1, 0.15) is 17.5 Å². The fourth-order valence-electron chi connectivity index (χ4n) is 4.51. The molecule has 0 aliphatic carbocycles. The average molecular weight is 527 g/mol. The van der Waals surface area contributed by atoms with Crippen LogP contribution in [0.5, 0.6) is 5.75 Å². The highest BCUT2D eigenvalue weighted by molar-refractivity contribution is 7.99. The van der Waals surface area contributed by atoms with E-state index < -0.39 is 34.8 Å². The number of ether oxygens (including phenoxy) is 1. The maximum Gasteiger partial charge on any atom is 0.511 e. The molecular weight excluding hydrogens is 505 g/mol. The van der Waals surface area contributed by atoms with E-state index in [0.29, 0.717) is 25.1 Å². The molecule has 1 unspecified atom stereocenters. The summed E-state index contributed by atoms with van der Waals surface area (Å²) < 4.78 is 49.4. The lowest BCUT2D eigenvalue weighted by Gasteiger charge is -2.21. The Labute approximate surface area is 213 Å². The molecule has 0 spiro atoms. The van der Waals surface area contributed by atoms with Gasteiger partial charge in [-0.2, -0.15) is 0 Å². The van der Waals surface area contributed by atoms with Crippen molar-refractivity contribution < 1.29 is 27.8 Å². The lowest BCUT2D eigenvalue weighted by atomic mass is 10.1. The highest BCUT2D eigenvalue weighted by Gasteiger charge is 2.26. The largest absolute Gasteiger partial charge is 0.511 e. The van der Waals surface area contributed by atoms with Crippen molar-refractivity contribution >= 4 is 34.5 Å². The van der Waals surface area contributed by atoms with Crippen LogP contribution in [0.1, 0.15) is 6.42 Å². The Morgan fingerprint density at radius 2 is 1.78 bits per heavy atom. The first-order valence-electron chi connectivity index (χ1n) is 11.5. The van der Waals surface area contributed by atoms with Gasteiger partial charge in [-0.15, -0.1) is 11.8 Å². The molecule has 6 nitrogen and oxygen atoms in total. The van der Waals surface area contributed by atoms with Crippen molar-refractivity contribution in [2.45, 2.75) is 11.3 Å². The Kier molecular flexibility index (Phi) is 6.84. The van der Waals surface area contributed by atoms with E-state index in [1.54, 1.807) is 11.8 Å². The van der Waals surface area contributed by atoms with Crippen molar-refractivity contribution in [2.24, 2.45) is 5.92 Å². The van der Waals surface area contributed by atoms with Gasteiger partial charge in [-0.1, -0.05) is 18.2 Å². The quantitative estimate of drug-likeness (QED) is 0.242. The monoisotopic (exact) mass is 526 g/mol. The fraction of sp³-hybridized carbons (Fsp3) is 0.185. The molecule has 37 heavy (non-hydrogen) atoms. The molecule has 1 aromatic heterocycles. The van der Waals surface area contributed by atoms with Crippen LogP contribution in [-0.4, -0.2) is 34.7 Å². The van der Waals surface area contributed by atoms with Gasteiger partial charge >= 0.3 is 6.16 Å². The van der Waals surface area contributed by atoms with Gasteiger partial charge in [0.2, 0.25) is 5.43 Å². The second kappa shape index (κ2) is 10.2. The van der Waals surface area contributed by atoms with Crippen molar-refractivity contribution in [3.63, 3.8) is 0 Å². The van der Waals surface area contributed by atoms with E-state index in [1.807, 2.05) is 35.2 Å². The maximum absolute atomic E-state index is 15.3. The Morgan fingerprint density at radius 3 is 2.51 bits per heavy atom. The highest BCUT2D eigenvalue weighted by Crippen LogP contribution is 2.33. The van der Waals surface area contributed by atoms with Crippen molar-refractivity contribution in [1.82, 2.24) is 4.57 Å². The van der Waals surface area contributed by atoms with Gasteiger partial charge in [-0.3, -0.25) is 4.79 Å².